The highest BCUT2D eigenvalue weighted by molar-refractivity contribution is 5.87. The summed E-state index contributed by atoms with van der Waals surface area (Å²) in [6, 6.07) is 0. The van der Waals surface area contributed by atoms with Crippen LogP contribution in [0.3, 0.4) is 0 Å². The zero-order valence-electron chi connectivity index (χ0n) is 11.2. The van der Waals surface area contributed by atoms with Gasteiger partial charge in [0.2, 0.25) is 0 Å². The zero-order valence-corrected chi connectivity index (χ0v) is 11.2. The Morgan fingerprint density at radius 2 is 2.11 bits per heavy atom. The lowest BCUT2D eigenvalue weighted by Crippen LogP contribution is -1.99. The molecule has 0 saturated heterocycles. The smallest absolute Gasteiger partial charge is 0.154 e. The van der Waals surface area contributed by atoms with Crippen LogP contribution in [0.1, 0.15) is 53.6 Å². The molecule has 0 aliphatic rings. The Morgan fingerprint density at radius 1 is 1.33 bits per heavy atom. The summed E-state index contributed by atoms with van der Waals surface area (Å²) in [6.07, 6.45) is 6.92. The maximum absolute atomic E-state index is 11.3. The highest BCUT2D eigenvalue weighted by atomic mass is 16.1. The monoisotopic (exact) mass is 245 g/mol. The van der Waals surface area contributed by atoms with E-state index in [0.717, 1.165) is 41.7 Å². The van der Waals surface area contributed by atoms with Crippen LogP contribution in [-0.2, 0) is 6.42 Å². The van der Waals surface area contributed by atoms with E-state index in [1.807, 2.05) is 18.4 Å². The number of hydrogen-bond acceptors (Lipinski definition) is 3. The molecule has 2 heterocycles. The summed E-state index contributed by atoms with van der Waals surface area (Å²) in [5.41, 5.74) is 4.36. The van der Waals surface area contributed by atoms with Gasteiger partial charge >= 0.3 is 0 Å². The number of fused-ring (bicyclic) bond motifs is 1. The third-order valence-electron chi connectivity index (χ3n) is 3.39. The first-order chi connectivity index (χ1) is 8.69. The predicted octanol–water partition coefficient (Wildman–Crippen LogP) is 2.89. The highest BCUT2D eigenvalue weighted by Crippen LogP contribution is 2.18. The third kappa shape index (κ3) is 2.15. The van der Waals surface area contributed by atoms with Crippen LogP contribution in [0.2, 0.25) is 0 Å². The molecular formula is C14H19N3O. The molecule has 0 bridgehead atoms. The lowest BCUT2D eigenvalue weighted by atomic mass is 10.1. The first-order valence-corrected chi connectivity index (χ1v) is 6.48. The van der Waals surface area contributed by atoms with Gasteiger partial charge in [-0.15, -0.1) is 0 Å². The normalized spacial score (nSPS) is 11.1. The molecule has 0 fully saturated rings. The average molecular weight is 245 g/mol. The standard InChI is InChI=1S/C14H19N3O/c1-4-5-6-7-13-12(9-18)14-8-15-10(2)11(3)17(14)16-13/h8-9H,4-7H2,1-3H3. The van der Waals surface area contributed by atoms with Gasteiger partial charge in [-0.3, -0.25) is 9.78 Å². The Balaban J connectivity index is 2.47. The topological polar surface area (TPSA) is 47.3 Å². The Kier molecular flexibility index (Phi) is 3.75. The highest BCUT2D eigenvalue weighted by Gasteiger charge is 2.14. The van der Waals surface area contributed by atoms with E-state index >= 15 is 0 Å². The van der Waals surface area contributed by atoms with Crippen molar-refractivity contribution in [1.29, 1.82) is 0 Å². The van der Waals surface area contributed by atoms with Crippen LogP contribution in [-0.4, -0.2) is 20.9 Å². The Labute approximate surface area is 107 Å². The quantitative estimate of drug-likeness (QED) is 0.601. The van der Waals surface area contributed by atoms with E-state index in [2.05, 4.69) is 17.0 Å². The van der Waals surface area contributed by atoms with Crippen molar-refractivity contribution in [3.63, 3.8) is 0 Å². The Bertz CT molecular complexity index is 572. The van der Waals surface area contributed by atoms with Crippen molar-refractivity contribution < 1.29 is 4.79 Å². The molecular weight excluding hydrogens is 226 g/mol. The van der Waals surface area contributed by atoms with Crippen LogP contribution < -0.4 is 0 Å². The molecule has 0 amide bonds. The number of carbonyl (C=O) groups is 1. The second kappa shape index (κ2) is 5.29. The SMILES string of the molecule is CCCCCc1nn2c(C)c(C)ncc2c1C=O. The van der Waals surface area contributed by atoms with Crippen molar-refractivity contribution >= 4 is 11.8 Å². The first kappa shape index (κ1) is 12.7. The van der Waals surface area contributed by atoms with E-state index < -0.39 is 0 Å². The van der Waals surface area contributed by atoms with Gasteiger partial charge < -0.3 is 0 Å². The molecule has 96 valence electrons. The van der Waals surface area contributed by atoms with E-state index in [4.69, 9.17) is 0 Å². The predicted molar refractivity (Wildman–Crippen MR) is 71.1 cm³/mol. The van der Waals surface area contributed by atoms with Gasteiger partial charge in [0.25, 0.3) is 0 Å². The van der Waals surface area contributed by atoms with Crippen molar-refractivity contribution in [2.75, 3.05) is 0 Å². The maximum atomic E-state index is 11.3. The largest absolute Gasteiger partial charge is 0.298 e. The van der Waals surface area contributed by atoms with Gasteiger partial charge in [0.05, 0.1) is 34.4 Å². The second-order valence-electron chi connectivity index (χ2n) is 4.66. The van der Waals surface area contributed by atoms with Crippen molar-refractivity contribution in [2.24, 2.45) is 0 Å². The van der Waals surface area contributed by atoms with Gasteiger partial charge in [-0.25, -0.2) is 4.52 Å². The lowest BCUT2D eigenvalue weighted by Gasteiger charge is -2.01. The van der Waals surface area contributed by atoms with Crippen molar-refractivity contribution in [3.05, 3.63) is 28.8 Å². The number of aryl methyl sites for hydroxylation is 3. The van der Waals surface area contributed by atoms with Crippen LogP contribution in [0.25, 0.3) is 5.52 Å². The fourth-order valence-electron chi connectivity index (χ4n) is 2.13. The summed E-state index contributed by atoms with van der Waals surface area (Å²) in [6.45, 7) is 6.10. The minimum Gasteiger partial charge on any atom is -0.298 e. The van der Waals surface area contributed by atoms with Crippen LogP contribution >= 0.6 is 0 Å². The first-order valence-electron chi connectivity index (χ1n) is 6.48. The molecule has 0 saturated carbocycles. The van der Waals surface area contributed by atoms with Crippen LogP contribution in [0.15, 0.2) is 6.20 Å². The van der Waals surface area contributed by atoms with E-state index in [-0.39, 0.29) is 0 Å². The number of carbonyl (C=O) groups excluding carboxylic acids is 1. The summed E-state index contributed by atoms with van der Waals surface area (Å²) in [4.78, 5) is 15.6. The van der Waals surface area contributed by atoms with Gasteiger partial charge in [-0.1, -0.05) is 19.8 Å². The second-order valence-corrected chi connectivity index (χ2v) is 4.66. The molecule has 4 heteroatoms. The molecule has 2 aromatic heterocycles. The fourth-order valence-corrected chi connectivity index (χ4v) is 2.13. The minimum atomic E-state index is 0.696. The van der Waals surface area contributed by atoms with E-state index in [1.165, 1.54) is 12.8 Å². The number of aromatic nitrogens is 3. The van der Waals surface area contributed by atoms with Gasteiger partial charge in [-0.05, 0) is 26.7 Å². The van der Waals surface area contributed by atoms with E-state index in [1.54, 1.807) is 6.20 Å². The number of unbranched alkanes of at least 4 members (excludes halogenated alkanes) is 2. The molecule has 2 aromatic rings. The molecule has 0 spiro atoms. The van der Waals surface area contributed by atoms with Crippen LogP contribution in [0, 0.1) is 13.8 Å². The molecule has 0 aliphatic heterocycles. The Hall–Kier alpha value is -1.71. The van der Waals surface area contributed by atoms with Crippen molar-refractivity contribution in [3.8, 4) is 0 Å². The van der Waals surface area contributed by atoms with Gasteiger partial charge in [0.15, 0.2) is 6.29 Å². The summed E-state index contributed by atoms with van der Waals surface area (Å²) in [5.74, 6) is 0. The molecule has 0 atom stereocenters. The number of rotatable bonds is 5. The molecule has 0 aliphatic carbocycles. The zero-order chi connectivity index (χ0) is 13.1. The van der Waals surface area contributed by atoms with E-state index in [9.17, 15) is 4.79 Å². The van der Waals surface area contributed by atoms with Gasteiger partial charge in [0, 0.05) is 0 Å². The minimum absolute atomic E-state index is 0.696. The molecule has 4 nitrogen and oxygen atoms in total. The summed E-state index contributed by atoms with van der Waals surface area (Å²) >= 11 is 0. The lowest BCUT2D eigenvalue weighted by molar-refractivity contribution is 0.112. The summed E-state index contributed by atoms with van der Waals surface area (Å²) < 4.78 is 1.84. The molecule has 2 rings (SSSR count). The fraction of sp³-hybridized carbons (Fsp3) is 0.500. The molecule has 18 heavy (non-hydrogen) atoms. The number of hydrogen-bond donors (Lipinski definition) is 0. The maximum Gasteiger partial charge on any atom is 0.154 e. The van der Waals surface area contributed by atoms with Crippen molar-refractivity contribution in [2.45, 2.75) is 46.5 Å². The van der Waals surface area contributed by atoms with Crippen LogP contribution in [0.4, 0.5) is 0 Å². The van der Waals surface area contributed by atoms with Gasteiger partial charge in [0.1, 0.15) is 0 Å². The Morgan fingerprint density at radius 3 is 2.78 bits per heavy atom. The molecule has 0 radical (unpaired) electrons. The summed E-state index contributed by atoms with van der Waals surface area (Å²) in [7, 11) is 0. The van der Waals surface area contributed by atoms with E-state index in [0.29, 0.717) is 5.56 Å². The van der Waals surface area contributed by atoms with Crippen molar-refractivity contribution in [1.82, 2.24) is 14.6 Å². The third-order valence-corrected chi connectivity index (χ3v) is 3.39. The summed E-state index contributed by atoms with van der Waals surface area (Å²) in [5, 5.41) is 4.56. The van der Waals surface area contributed by atoms with Crippen LogP contribution in [0.5, 0.6) is 0 Å². The molecule has 0 N–H and O–H groups in total. The number of nitrogens with zero attached hydrogens (tertiary/aromatic N) is 3. The molecule has 0 unspecified atom stereocenters. The molecule has 0 aromatic carbocycles. The van der Waals surface area contributed by atoms with Gasteiger partial charge in [-0.2, -0.15) is 5.10 Å². The average Bonchev–Trinajstić information content (AvgIpc) is 2.73. The number of aldehydes is 1.